The fraction of sp³-hybridized carbons (Fsp3) is 0.160. The third-order valence-corrected chi connectivity index (χ3v) is 4.69. The van der Waals surface area contributed by atoms with Gasteiger partial charge in [0.15, 0.2) is 0 Å². The van der Waals surface area contributed by atoms with Gasteiger partial charge in [-0.25, -0.2) is 0 Å². The van der Waals surface area contributed by atoms with Crippen molar-refractivity contribution in [3.05, 3.63) is 102 Å². The van der Waals surface area contributed by atoms with Gasteiger partial charge in [-0.3, -0.25) is 4.79 Å². The van der Waals surface area contributed by atoms with E-state index in [-0.39, 0.29) is 17.8 Å². The van der Waals surface area contributed by atoms with Gasteiger partial charge in [0.1, 0.15) is 5.75 Å². The summed E-state index contributed by atoms with van der Waals surface area (Å²) in [4.78, 5) is 12.3. The first-order valence-electron chi connectivity index (χ1n) is 9.11. The van der Waals surface area contributed by atoms with Gasteiger partial charge < -0.3 is 4.74 Å². The van der Waals surface area contributed by atoms with Crippen LogP contribution in [-0.4, -0.2) is 5.97 Å². The Labute approximate surface area is 160 Å². The van der Waals surface area contributed by atoms with E-state index in [1.165, 1.54) is 5.56 Å². The second kappa shape index (κ2) is 9.40. The number of hydrogen-bond acceptors (Lipinski definition) is 2. The number of ether oxygens (including phenoxy) is 1. The molecule has 4 rings (SSSR count). The Balaban J connectivity index is 0.000000299. The Morgan fingerprint density at radius 1 is 0.852 bits per heavy atom. The Morgan fingerprint density at radius 2 is 1.48 bits per heavy atom. The van der Waals surface area contributed by atoms with E-state index in [2.05, 4.69) is 18.1 Å². The Hall–Kier alpha value is -3.31. The van der Waals surface area contributed by atoms with Crippen LogP contribution < -0.4 is 4.74 Å². The van der Waals surface area contributed by atoms with Gasteiger partial charge in [0.2, 0.25) is 0 Å². The van der Waals surface area contributed by atoms with Crippen LogP contribution in [-0.2, 0) is 4.79 Å². The van der Waals surface area contributed by atoms with Gasteiger partial charge in [-0.1, -0.05) is 78.7 Å². The van der Waals surface area contributed by atoms with Crippen molar-refractivity contribution in [3.8, 4) is 18.1 Å². The third kappa shape index (κ3) is 5.09. The number of hydrogen-bond donors (Lipinski definition) is 0. The highest BCUT2D eigenvalue weighted by molar-refractivity contribution is 5.77. The summed E-state index contributed by atoms with van der Waals surface area (Å²) in [6, 6.07) is 29.2. The second-order valence-electron chi connectivity index (χ2n) is 6.45. The van der Waals surface area contributed by atoms with Crippen LogP contribution in [0.4, 0.5) is 0 Å². The van der Waals surface area contributed by atoms with E-state index in [9.17, 15) is 4.79 Å². The quantitative estimate of drug-likeness (QED) is 0.355. The number of carbonyl (C=O) groups excluding carboxylic acids is 1. The van der Waals surface area contributed by atoms with Crippen LogP contribution in [0.3, 0.4) is 0 Å². The van der Waals surface area contributed by atoms with Gasteiger partial charge in [0, 0.05) is 5.56 Å². The summed E-state index contributed by atoms with van der Waals surface area (Å²) in [5.41, 5.74) is 1.93. The van der Waals surface area contributed by atoms with Crippen LogP contribution in [0, 0.1) is 18.3 Å². The van der Waals surface area contributed by atoms with Crippen LogP contribution in [0.25, 0.3) is 0 Å². The Morgan fingerprint density at radius 3 is 2.04 bits per heavy atom. The highest BCUT2D eigenvalue weighted by Gasteiger charge is 2.38. The molecule has 0 bridgehead atoms. The molecule has 0 radical (unpaired) electrons. The number of benzene rings is 3. The lowest BCUT2D eigenvalue weighted by atomic mass is 9.70. The van der Waals surface area contributed by atoms with Crippen molar-refractivity contribution in [1.82, 2.24) is 0 Å². The molecule has 0 aliphatic heterocycles. The summed E-state index contributed by atoms with van der Waals surface area (Å²) >= 11 is 0. The van der Waals surface area contributed by atoms with Gasteiger partial charge in [-0.2, -0.15) is 0 Å². The maximum absolute atomic E-state index is 12.3. The standard InChI is InChI=1S/C19H16O2.C6H6/c1-2-14-7-6-10-16(13-14)21-19(20)18-12-11-17(18)15-8-4-3-5-9-15;1-2-4-6-5-3-1/h1,3-10,13,17-18H,11-12H2;1-6H. The summed E-state index contributed by atoms with van der Waals surface area (Å²) in [5, 5.41) is 0. The molecule has 134 valence electrons. The fourth-order valence-electron chi connectivity index (χ4n) is 3.11. The van der Waals surface area contributed by atoms with Crippen molar-refractivity contribution in [3.63, 3.8) is 0 Å². The molecular weight excluding hydrogens is 332 g/mol. The lowest BCUT2D eigenvalue weighted by molar-refractivity contribution is -0.142. The predicted octanol–water partition coefficient (Wildman–Crippen LogP) is 5.45. The topological polar surface area (TPSA) is 26.3 Å². The molecule has 0 spiro atoms. The Bertz CT molecular complexity index is 868. The first-order valence-corrected chi connectivity index (χ1v) is 9.11. The van der Waals surface area contributed by atoms with Crippen molar-refractivity contribution >= 4 is 5.97 Å². The van der Waals surface area contributed by atoms with E-state index < -0.39 is 0 Å². The van der Waals surface area contributed by atoms with E-state index in [0.717, 1.165) is 12.8 Å². The van der Waals surface area contributed by atoms with Gasteiger partial charge in [-0.15, -0.1) is 6.42 Å². The minimum absolute atomic E-state index is 0.0538. The van der Waals surface area contributed by atoms with Crippen LogP contribution in [0.2, 0.25) is 0 Å². The van der Waals surface area contributed by atoms with Crippen molar-refractivity contribution in [1.29, 1.82) is 0 Å². The molecule has 1 aliphatic rings. The molecule has 1 aliphatic carbocycles. The van der Waals surface area contributed by atoms with E-state index in [4.69, 9.17) is 11.2 Å². The minimum Gasteiger partial charge on any atom is -0.426 e. The maximum atomic E-state index is 12.3. The highest BCUT2D eigenvalue weighted by Crippen LogP contribution is 2.43. The normalized spacial score (nSPS) is 17.4. The van der Waals surface area contributed by atoms with Crippen molar-refractivity contribution in [2.24, 2.45) is 5.92 Å². The van der Waals surface area contributed by atoms with E-state index in [1.54, 1.807) is 18.2 Å². The molecule has 1 saturated carbocycles. The maximum Gasteiger partial charge on any atom is 0.314 e. The van der Waals surface area contributed by atoms with Crippen LogP contribution in [0.15, 0.2) is 91.0 Å². The van der Waals surface area contributed by atoms with Crippen LogP contribution >= 0.6 is 0 Å². The average Bonchev–Trinajstić information content (AvgIpc) is 2.70. The molecule has 3 aromatic carbocycles. The zero-order valence-corrected chi connectivity index (χ0v) is 15.1. The number of esters is 1. The summed E-state index contributed by atoms with van der Waals surface area (Å²) in [6.07, 6.45) is 7.27. The monoisotopic (exact) mass is 354 g/mol. The summed E-state index contributed by atoms with van der Waals surface area (Å²) in [7, 11) is 0. The van der Waals surface area contributed by atoms with Gasteiger partial charge >= 0.3 is 5.97 Å². The molecule has 2 atom stereocenters. The number of terminal acetylenes is 1. The third-order valence-electron chi connectivity index (χ3n) is 4.69. The molecule has 0 saturated heterocycles. The first-order chi connectivity index (χ1) is 13.3. The van der Waals surface area contributed by atoms with Crippen LogP contribution in [0.5, 0.6) is 5.75 Å². The van der Waals surface area contributed by atoms with Crippen molar-refractivity contribution < 1.29 is 9.53 Å². The molecule has 0 heterocycles. The molecule has 0 N–H and O–H groups in total. The smallest absolute Gasteiger partial charge is 0.314 e. The Kier molecular flexibility index (Phi) is 6.44. The summed E-state index contributed by atoms with van der Waals surface area (Å²) < 4.78 is 5.48. The minimum atomic E-state index is -0.163. The largest absolute Gasteiger partial charge is 0.426 e. The number of carbonyl (C=O) groups is 1. The molecule has 2 heteroatoms. The lowest BCUT2D eigenvalue weighted by Crippen LogP contribution is -2.34. The molecule has 1 fully saturated rings. The fourth-order valence-corrected chi connectivity index (χ4v) is 3.11. The highest BCUT2D eigenvalue weighted by atomic mass is 16.5. The second-order valence-corrected chi connectivity index (χ2v) is 6.45. The molecule has 27 heavy (non-hydrogen) atoms. The van der Waals surface area contributed by atoms with E-state index in [1.807, 2.05) is 60.7 Å². The lowest BCUT2D eigenvalue weighted by Gasteiger charge is -2.34. The predicted molar refractivity (Wildman–Crippen MR) is 108 cm³/mol. The average molecular weight is 354 g/mol. The van der Waals surface area contributed by atoms with E-state index in [0.29, 0.717) is 11.3 Å². The molecule has 0 aromatic heterocycles. The number of rotatable bonds is 3. The van der Waals surface area contributed by atoms with E-state index >= 15 is 0 Å². The first kappa shape index (κ1) is 18.5. The van der Waals surface area contributed by atoms with Gasteiger partial charge in [-0.05, 0) is 42.5 Å². The molecule has 2 unspecified atom stereocenters. The van der Waals surface area contributed by atoms with Gasteiger partial charge in [0.25, 0.3) is 0 Å². The molecule has 3 aromatic rings. The van der Waals surface area contributed by atoms with Crippen LogP contribution in [0.1, 0.15) is 29.9 Å². The van der Waals surface area contributed by atoms with Gasteiger partial charge in [0.05, 0.1) is 5.92 Å². The van der Waals surface area contributed by atoms with Crippen molar-refractivity contribution in [2.75, 3.05) is 0 Å². The summed E-state index contributed by atoms with van der Waals surface area (Å²) in [6.45, 7) is 0. The zero-order valence-electron chi connectivity index (χ0n) is 15.1. The van der Waals surface area contributed by atoms with Crippen molar-refractivity contribution in [2.45, 2.75) is 18.8 Å². The summed E-state index contributed by atoms with van der Waals surface area (Å²) in [5.74, 6) is 3.12. The SMILES string of the molecule is C#Cc1cccc(OC(=O)C2CCC2c2ccccc2)c1.c1ccccc1. The molecular formula is C25H22O2. The molecule has 2 nitrogen and oxygen atoms in total. The zero-order chi connectivity index (χ0) is 18.9. The molecule has 0 amide bonds.